The van der Waals surface area contributed by atoms with Gasteiger partial charge >= 0.3 is 0 Å². The van der Waals surface area contributed by atoms with Gasteiger partial charge in [-0.1, -0.05) is 39.8 Å². The number of nitrogen functional groups attached to an aromatic ring is 1. The van der Waals surface area contributed by atoms with Crippen LogP contribution in [0, 0.1) is 17.8 Å². The van der Waals surface area contributed by atoms with Crippen molar-refractivity contribution >= 4 is 5.69 Å². The second-order valence-electron chi connectivity index (χ2n) is 9.25. The van der Waals surface area contributed by atoms with Crippen molar-refractivity contribution in [2.24, 2.45) is 10.8 Å². The Morgan fingerprint density at radius 1 is 1.14 bits per heavy atom. The molecule has 0 amide bonds. The molecule has 0 unspecified atom stereocenters. The van der Waals surface area contributed by atoms with E-state index < -0.39 is 0 Å². The van der Waals surface area contributed by atoms with E-state index >= 15 is 0 Å². The molecule has 22 heavy (non-hydrogen) atoms. The fourth-order valence-corrected chi connectivity index (χ4v) is 5.47. The van der Waals surface area contributed by atoms with Gasteiger partial charge in [-0.25, -0.2) is 0 Å². The number of anilines is 1. The van der Waals surface area contributed by atoms with Crippen molar-refractivity contribution in [3.63, 3.8) is 0 Å². The predicted molar refractivity (Wildman–Crippen MR) is 94.7 cm³/mol. The number of aryl methyl sites for hydroxylation is 1. The van der Waals surface area contributed by atoms with Crippen LogP contribution in [0.1, 0.15) is 65.5 Å². The lowest BCUT2D eigenvalue weighted by atomic mass is 9.46. The Kier molecular flexibility index (Phi) is 3.09. The molecule has 1 aromatic carbocycles. The topological polar surface area (TPSA) is 29.3 Å². The van der Waals surface area contributed by atoms with Gasteiger partial charge in [-0.3, -0.25) is 4.90 Å². The summed E-state index contributed by atoms with van der Waals surface area (Å²) in [5, 5.41) is 0. The average Bonchev–Trinajstić information content (AvgIpc) is 3.17. The third-order valence-corrected chi connectivity index (χ3v) is 7.20. The van der Waals surface area contributed by atoms with Gasteiger partial charge in [-0.15, -0.1) is 0 Å². The molecule has 1 saturated heterocycles. The molecule has 1 spiro atoms. The SMILES string of the molecule is Cc1ccc(CN2C(C)(C)[C@@](C)(C(C)(C)C)C23CC3)c(N)c1. The maximum Gasteiger partial charge on any atom is 0.0362 e. The summed E-state index contributed by atoms with van der Waals surface area (Å²) < 4.78 is 0. The third-order valence-electron chi connectivity index (χ3n) is 7.20. The fraction of sp³-hybridized carbons (Fsp3) is 0.700. The Hall–Kier alpha value is -1.02. The number of likely N-dealkylation sites (tertiary alicyclic amines) is 1. The summed E-state index contributed by atoms with van der Waals surface area (Å²) in [5.74, 6) is 0. The highest BCUT2D eigenvalue weighted by Crippen LogP contribution is 2.76. The van der Waals surface area contributed by atoms with Crippen LogP contribution < -0.4 is 5.73 Å². The summed E-state index contributed by atoms with van der Waals surface area (Å²) >= 11 is 0. The molecule has 0 aromatic heterocycles. The first-order chi connectivity index (χ1) is 9.97. The summed E-state index contributed by atoms with van der Waals surface area (Å²) in [6, 6.07) is 6.50. The molecule has 1 aliphatic carbocycles. The summed E-state index contributed by atoms with van der Waals surface area (Å²) in [6.45, 7) is 17.7. The fourth-order valence-electron chi connectivity index (χ4n) is 5.47. The maximum atomic E-state index is 6.27. The number of benzene rings is 1. The van der Waals surface area contributed by atoms with E-state index in [4.69, 9.17) is 5.73 Å². The molecule has 2 N–H and O–H groups in total. The second-order valence-corrected chi connectivity index (χ2v) is 9.25. The van der Waals surface area contributed by atoms with Gasteiger partial charge in [-0.05, 0) is 56.2 Å². The standard InChI is InChI=1S/C20H32N2/c1-14-8-9-15(16(21)12-14)13-22-18(5,6)19(7,17(2,3)4)20(22)10-11-20/h8-9,12H,10-11,13,21H2,1-7H3/t19-/m1/s1. The predicted octanol–water partition coefficient (Wildman–Crippen LogP) is 4.76. The Morgan fingerprint density at radius 2 is 1.73 bits per heavy atom. The Labute approximate surface area is 136 Å². The van der Waals surface area contributed by atoms with Crippen LogP contribution in [0.4, 0.5) is 5.69 Å². The summed E-state index contributed by atoms with van der Waals surface area (Å²) in [6.07, 6.45) is 2.66. The van der Waals surface area contributed by atoms with Crippen molar-refractivity contribution in [2.45, 2.75) is 78.9 Å². The molecule has 1 heterocycles. The van der Waals surface area contributed by atoms with Gasteiger partial charge < -0.3 is 5.73 Å². The maximum absolute atomic E-state index is 6.27. The lowest BCUT2D eigenvalue weighted by Gasteiger charge is -2.74. The van der Waals surface area contributed by atoms with Crippen LogP contribution in [0.5, 0.6) is 0 Å². The Morgan fingerprint density at radius 3 is 2.18 bits per heavy atom. The molecule has 2 fully saturated rings. The average molecular weight is 300 g/mol. The first-order valence-corrected chi connectivity index (χ1v) is 8.60. The van der Waals surface area contributed by atoms with Gasteiger partial charge in [0.05, 0.1) is 0 Å². The van der Waals surface area contributed by atoms with E-state index in [0.717, 1.165) is 12.2 Å². The Balaban J connectivity index is 1.94. The largest absolute Gasteiger partial charge is 0.398 e. The van der Waals surface area contributed by atoms with E-state index in [1.807, 2.05) is 0 Å². The van der Waals surface area contributed by atoms with Crippen LogP contribution in [0.15, 0.2) is 18.2 Å². The van der Waals surface area contributed by atoms with Crippen LogP contribution >= 0.6 is 0 Å². The van der Waals surface area contributed by atoms with Crippen LogP contribution in [0.3, 0.4) is 0 Å². The minimum absolute atomic E-state index is 0.194. The van der Waals surface area contributed by atoms with E-state index in [1.165, 1.54) is 24.0 Å². The van der Waals surface area contributed by atoms with Crippen molar-refractivity contribution in [2.75, 3.05) is 5.73 Å². The van der Waals surface area contributed by atoms with Crippen LogP contribution in [-0.4, -0.2) is 16.0 Å². The summed E-state index contributed by atoms with van der Waals surface area (Å²) in [7, 11) is 0. The first-order valence-electron chi connectivity index (χ1n) is 8.60. The van der Waals surface area contributed by atoms with Gasteiger partial charge in [0.1, 0.15) is 0 Å². The van der Waals surface area contributed by atoms with E-state index in [-0.39, 0.29) is 5.54 Å². The van der Waals surface area contributed by atoms with Crippen molar-refractivity contribution in [3.05, 3.63) is 29.3 Å². The van der Waals surface area contributed by atoms with Gasteiger partial charge in [0.15, 0.2) is 0 Å². The third kappa shape index (κ3) is 1.71. The zero-order valence-corrected chi connectivity index (χ0v) is 15.4. The normalized spacial score (nSPS) is 29.4. The van der Waals surface area contributed by atoms with E-state index in [2.05, 4.69) is 71.6 Å². The van der Waals surface area contributed by atoms with Crippen LogP contribution in [0.25, 0.3) is 0 Å². The number of hydrogen-bond donors (Lipinski definition) is 1. The molecule has 1 atom stereocenters. The molecular formula is C20H32N2. The van der Waals surface area contributed by atoms with Crippen LogP contribution in [-0.2, 0) is 6.54 Å². The van der Waals surface area contributed by atoms with E-state index in [9.17, 15) is 0 Å². The molecule has 2 heteroatoms. The monoisotopic (exact) mass is 300 g/mol. The molecule has 0 radical (unpaired) electrons. The molecule has 0 bridgehead atoms. The Bertz CT molecular complexity index is 597. The van der Waals surface area contributed by atoms with Gasteiger partial charge in [0.25, 0.3) is 0 Å². The zero-order valence-electron chi connectivity index (χ0n) is 15.4. The highest BCUT2D eigenvalue weighted by Gasteiger charge is 2.79. The van der Waals surface area contributed by atoms with Crippen molar-refractivity contribution < 1.29 is 0 Å². The molecule has 1 aromatic rings. The molecule has 1 saturated carbocycles. The summed E-state index contributed by atoms with van der Waals surface area (Å²) in [5.41, 5.74) is 11.0. The first kappa shape index (κ1) is 15.9. The zero-order chi connectivity index (χ0) is 16.6. The number of nitrogens with two attached hydrogens (primary N) is 1. The quantitative estimate of drug-likeness (QED) is 0.798. The highest BCUT2D eigenvalue weighted by atomic mass is 15.4. The van der Waals surface area contributed by atoms with Crippen molar-refractivity contribution in [1.29, 1.82) is 0 Å². The minimum Gasteiger partial charge on any atom is -0.398 e. The summed E-state index contributed by atoms with van der Waals surface area (Å²) in [4.78, 5) is 2.73. The van der Waals surface area contributed by atoms with Crippen LogP contribution in [0.2, 0.25) is 0 Å². The highest BCUT2D eigenvalue weighted by molar-refractivity contribution is 5.50. The molecule has 122 valence electrons. The van der Waals surface area contributed by atoms with E-state index in [1.54, 1.807) is 0 Å². The van der Waals surface area contributed by atoms with Crippen molar-refractivity contribution in [3.8, 4) is 0 Å². The van der Waals surface area contributed by atoms with Gasteiger partial charge in [0.2, 0.25) is 0 Å². The molecule has 1 aliphatic heterocycles. The number of rotatable bonds is 2. The second kappa shape index (κ2) is 4.29. The molecule has 3 rings (SSSR count). The number of nitrogens with zero attached hydrogens (tertiary/aromatic N) is 1. The molecule has 2 aliphatic rings. The van der Waals surface area contributed by atoms with Crippen molar-refractivity contribution in [1.82, 2.24) is 4.90 Å². The molecule has 2 nitrogen and oxygen atoms in total. The lowest BCUT2D eigenvalue weighted by Crippen LogP contribution is -2.81. The van der Waals surface area contributed by atoms with E-state index in [0.29, 0.717) is 16.4 Å². The number of hydrogen-bond acceptors (Lipinski definition) is 2. The molecular weight excluding hydrogens is 268 g/mol. The smallest absolute Gasteiger partial charge is 0.0362 e. The minimum atomic E-state index is 0.194. The lowest BCUT2D eigenvalue weighted by molar-refractivity contribution is -0.256. The van der Waals surface area contributed by atoms with Gasteiger partial charge in [0, 0.05) is 28.7 Å². The van der Waals surface area contributed by atoms with Gasteiger partial charge in [-0.2, -0.15) is 0 Å².